The van der Waals surface area contributed by atoms with Gasteiger partial charge in [-0.25, -0.2) is 4.39 Å². The van der Waals surface area contributed by atoms with Crippen LogP contribution in [-0.4, -0.2) is 4.92 Å². The first kappa shape index (κ1) is 14.3. The van der Waals surface area contributed by atoms with Crippen LogP contribution in [-0.2, 0) is 0 Å². The van der Waals surface area contributed by atoms with Crippen molar-refractivity contribution in [2.24, 2.45) is 0 Å². The maximum absolute atomic E-state index is 13.5. The fraction of sp³-hybridized carbons (Fsp3) is 0. The molecular formula is C12H5BrF3NO3. The van der Waals surface area contributed by atoms with Crippen LogP contribution in [0.15, 0.2) is 34.8 Å². The summed E-state index contributed by atoms with van der Waals surface area (Å²) >= 11 is 2.93. The predicted molar refractivity (Wildman–Crippen MR) is 67.2 cm³/mol. The smallest absolute Gasteiger partial charge is 0.346 e. The molecule has 0 radical (unpaired) electrons. The van der Waals surface area contributed by atoms with E-state index in [0.29, 0.717) is 0 Å². The van der Waals surface area contributed by atoms with Crippen molar-refractivity contribution in [2.45, 2.75) is 0 Å². The van der Waals surface area contributed by atoms with Crippen molar-refractivity contribution in [3.05, 3.63) is 62.4 Å². The molecule has 0 aliphatic rings. The Morgan fingerprint density at radius 2 is 1.80 bits per heavy atom. The number of ether oxygens (including phenoxy) is 1. The number of nitrogens with zero attached hydrogens (tertiary/aromatic N) is 1. The first-order valence-electron chi connectivity index (χ1n) is 5.15. The summed E-state index contributed by atoms with van der Waals surface area (Å²) in [6.45, 7) is 0. The van der Waals surface area contributed by atoms with Crippen LogP contribution in [0.2, 0.25) is 0 Å². The van der Waals surface area contributed by atoms with Crippen molar-refractivity contribution in [1.29, 1.82) is 0 Å². The van der Waals surface area contributed by atoms with Gasteiger partial charge >= 0.3 is 5.69 Å². The minimum absolute atomic E-state index is 0.172. The van der Waals surface area contributed by atoms with Gasteiger partial charge in [0.05, 0.1) is 4.92 Å². The van der Waals surface area contributed by atoms with Crippen LogP contribution < -0.4 is 4.74 Å². The number of hydrogen-bond donors (Lipinski definition) is 0. The highest BCUT2D eigenvalue weighted by molar-refractivity contribution is 9.10. The van der Waals surface area contributed by atoms with Gasteiger partial charge in [-0.15, -0.1) is 0 Å². The van der Waals surface area contributed by atoms with E-state index in [0.717, 1.165) is 30.3 Å². The van der Waals surface area contributed by atoms with Gasteiger partial charge in [-0.05, 0) is 24.3 Å². The molecule has 0 heterocycles. The highest BCUT2D eigenvalue weighted by Crippen LogP contribution is 2.36. The van der Waals surface area contributed by atoms with Crippen molar-refractivity contribution in [3.63, 3.8) is 0 Å². The molecule has 0 bridgehead atoms. The molecule has 104 valence electrons. The first-order valence-corrected chi connectivity index (χ1v) is 5.94. The maximum atomic E-state index is 13.5. The predicted octanol–water partition coefficient (Wildman–Crippen LogP) is 4.57. The average Bonchev–Trinajstić information content (AvgIpc) is 2.35. The molecule has 0 N–H and O–H groups in total. The number of benzene rings is 2. The van der Waals surface area contributed by atoms with E-state index in [2.05, 4.69) is 15.9 Å². The molecule has 0 aliphatic carbocycles. The van der Waals surface area contributed by atoms with Crippen molar-refractivity contribution in [3.8, 4) is 11.5 Å². The summed E-state index contributed by atoms with van der Waals surface area (Å²) < 4.78 is 45.2. The van der Waals surface area contributed by atoms with Crippen LogP contribution in [0.4, 0.5) is 18.9 Å². The average molecular weight is 348 g/mol. The SMILES string of the molecule is O=[N+]([O-])c1c(F)cccc1Oc1cc(Br)cc(F)c1F. The fourth-order valence-corrected chi connectivity index (χ4v) is 1.89. The Bertz CT molecular complexity index is 694. The molecule has 8 heteroatoms. The quantitative estimate of drug-likeness (QED) is 0.464. The lowest BCUT2D eigenvalue weighted by atomic mass is 10.2. The van der Waals surface area contributed by atoms with E-state index in [1.165, 1.54) is 0 Å². The number of nitro groups is 1. The second kappa shape index (κ2) is 5.49. The summed E-state index contributed by atoms with van der Waals surface area (Å²) in [5.74, 6) is -4.78. The first-order chi connectivity index (χ1) is 9.40. The summed E-state index contributed by atoms with van der Waals surface area (Å²) in [4.78, 5) is 9.76. The minimum atomic E-state index is -1.33. The van der Waals surface area contributed by atoms with Crippen LogP contribution in [0.5, 0.6) is 11.5 Å². The summed E-state index contributed by atoms with van der Waals surface area (Å²) in [7, 11) is 0. The fourth-order valence-electron chi connectivity index (χ4n) is 1.48. The summed E-state index contributed by atoms with van der Waals surface area (Å²) in [5, 5.41) is 10.8. The summed E-state index contributed by atoms with van der Waals surface area (Å²) in [6.07, 6.45) is 0. The van der Waals surface area contributed by atoms with Crippen LogP contribution in [0.1, 0.15) is 0 Å². The molecule has 4 nitrogen and oxygen atoms in total. The van der Waals surface area contributed by atoms with Gasteiger partial charge in [-0.1, -0.05) is 22.0 Å². The monoisotopic (exact) mass is 347 g/mol. The molecule has 2 rings (SSSR count). The van der Waals surface area contributed by atoms with E-state index in [-0.39, 0.29) is 4.47 Å². The van der Waals surface area contributed by atoms with Gasteiger partial charge in [0.25, 0.3) is 0 Å². The van der Waals surface area contributed by atoms with Crippen molar-refractivity contribution in [1.82, 2.24) is 0 Å². The Morgan fingerprint density at radius 1 is 1.10 bits per heavy atom. The molecule has 0 fully saturated rings. The summed E-state index contributed by atoms with van der Waals surface area (Å²) in [5.41, 5.74) is -0.952. The van der Waals surface area contributed by atoms with Crippen LogP contribution in [0.25, 0.3) is 0 Å². The normalized spacial score (nSPS) is 10.4. The van der Waals surface area contributed by atoms with E-state index in [1.807, 2.05) is 0 Å². The Kier molecular flexibility index (Phi) is 3.93. The standard InChI is InChI=1S/C12H5BrF3NO3/c13-6-4-8(15)11(16)10(5-6)20-9-3-1-2-7(14)12(9)17(18)19/h1-5H. The molecule has 0 saturated carbocycles. The third-order valence-corrected chi connectivity index (χ3v) is 2.77. The van der Waals surface area contributed by atoms with Crippen LogP contribution >= 0.6 is 15.9 Å². The van der Waals surface area contributed by atoms with Crippen molar-refractivity contribution >= 4 is 21.6 Å². The number of rotatable bonds is 3. The van der Waals surface area contributed by atoms with E-state index >= 15 is 0 Å². The molecule has 2 aromatic carbocycles. The molecule has 0 amide bonds. The van der Waals surface area contributed by atoms with Gasteiger partial charge in [0.1, 0.15) is 0 Å². The van der Waals surface area contributed by atoms with Gasteiger partial charge in [0.2, 0.25) is 17.4 Å². The minimum Gasteiger partial charge on any atom is -0.447 e. The van der Waals surface area contributed by atoms with Gasteiger partial charge < -0.3 is 4.74 Å². The highest BCUT2D eigenvalue weighted by atomic mass is 79.9. The van der Waals surface area contributed by atoms with Gasteiger partial charge in [0, 0.05) is 4.47 Å². The Balaban J connectivity index is 2.51. The van der Waals surface area contributed by atoms with E-state index < -0.39 is 39.6 Å². The van der Waals surface area contributed by atoms with E-state index in [9.17, 15) is 23.3 Å². The Morgan fingerprint density at radius 3 is 2.45 bits per heavy atom. The Labute approximate surface area is 119 Å². The lowest BCUT2D eigenvalue weighted by Gasteiger charge is -2.08. The number of halogens is 4. The second-order valence-electron chi connectivity index (χ2n) is 3.65. The molecule has 0 saturated heterocycles. The van der Waals surface area contributed by atoms with Gasteiger partial charge in [-0.3, -0.25) is 10.1 Å². The zero-order valence-electron chi connectivity index (χ0n) is 9.57. The molecule has 0 atom stereocenters. The van der Waals surface area contributed by atoms with Crippen molar-refractivity contribution < 1.29 is 22.8 Å². The van der Waals surface area contributed by atoms with Gasteiger partial charge in [0.15, 0.2) is 11.6 Å². The molecule has 0 aliphatic heterocycles. The number of para-hydroxylation sites is 1. The third kappa shape index (κ3) is 2.74. The highest BCUT2D eigenvalue weighted by Gasteiger charge is 2.23. The third-order valence-electron chi connectivity index (χ3n) is 2.31. The second-order valence-corrected chi connectivity index (χ2v) is 4.56. The molecule has 20 heavy (non-hydrogen) atoms. The lowest BCUT2D eigenvalue weighted by molar-refractivity contribution is -0.388. The van der Waals surface area contributed by atoms with Crippen LogP contribution in [0.3, 0.4) is 0 Å². The van der Waals surface area contributed by atoms with E-state index in [4.69, 9.17) is 4.74 Å². The molecule has 2 aromatic rings. The number of hydrogen-bond acceptors (Lipinski definition) is 3. The molecular weight excluding hydrogens is 343 g/mol. The lowest BCUT2D eigenvalue weighted by Crippen LogP contribution is -1.98. The van der Waals surface area contributed by atoms with Crippen molar-refractivity contribution in [2.75, 3.05) is 0 Å². The maximum Gasteiger partial charge on any atom is 0.346 e. The largest absolute Gasteiger partial charge is 0.447 e. The van der Waals surface area contributed by atoms with E-state index in [1.54, 1.807) is 0 Å². The molecule has 0 spiro atoms. The topological polar surface area (TPSA) is 52.4 Å². The zero-order chi connectivity index (χ0) is 14.9. The van der Waals surface area contributed by atoms with Crippen LogP contribution in [0, 0.1) is 27.6 Å². The molecule has 0 aromatic heterocycles. The number of nitro benzene ring substituents is 1. The van der Waals surface area contributed by atoms with Gasteiger partial charge in [-0.2, -0.15) is 8.78 Å². The molecule has 0 unspecified atom stereocenters. The zero-order valence-corrected chi connectivity index (χ0v) is 11.2. The Hall–Kier alpha value is -2.09. The summed E-state index contributed by atoms with van der Waals surface area (Å²) in [6, 6.07) is 5.04.